The van der Waals surface area contributed by atoms with Crippen LogP contribution in [-0.4, -0.2) is 25.6 Å². The second kappa shape index (κ2) is 8.00. The summed E-state index contributed by atoms with van der Waals surface area (Å²) < 4.78 is 30.7. The molecule has 0 aliphatic rings. The number of nitrogens with zero attached hydrogens (tertiary/aromatic N) is 1. The second-order valence-electron chi connectivity index (χ2n) is 6.81. The smallest absolute Gasteiger partial charge is 0.252 e. The average Bonchev–Trinajstić information content (AvgIpc) is 3.25. The Labute approximate surface area is 173 Å². The summed E-state index contributed by atoms with van der Waals surface area (Å²) in [5.41, 5.74) is 2.96. The van der Waals surface area contributed by atoms with E-state index in [0.717, 1.165) is 17.2 Å². The third-order valence-electron chi connectivity index (χ3n) is 4.42. The molecule has 152 valence electrons. The highest BCUT2D eigenvalue weighted by molar-refractivity contribution is 7.92. The summed E-state index contributed by atoms with van der Waals surface area (Å²) in [5, 5.41) is 3.63. The van der Waals surface area contributed by atoms with Gasteiger partial charge in [-0.3, -0.25) is 9.52 Å². The Morgan fingerprint density at radius 1 is 1.03 bits per heavy atom. The van der Waals surface area contributed by atoms with Gasteiger partial charge in [0.1, 0.15) is 5.69 Å². The molecule has 0 aliphatic carbocycles. The minimum atomic E-state index is -3.37. The fraction of sp³-hybridized carbons (Fsp3) is 0.0909. The number of anilines is 1. The zero-order chi connectivity index (χ0) is 21.1. The molecule has 30 heavy (non-hydrogen) atoms. The molecular weight excluding hydrogens is 402 g/mol. The van der Waals surface area contributed by atoms with Crippen molar-refractivity contribution in [2.75, 3.05) is 11.0 Å². The summed E-state index contributed by atoms with van der Waals surface area (Å²) in [6, 6.07) is 19.5. The molecule has 0 atom stereocenters. The van der Waals surface area contributed by atoms with E-state index in [1.54, 1.807) is 42.7 Å². The van der Waals surface area contributed by atoms with E-state index in [1.807, 2.05) is 30.3 Å². The number of carbonyl (C=O) groups excluding carboxylic acids is 1. The lowest BCUT2D eigenvalue weighted by Gasteiger charge is -2.11. The first-order valence-corrected chi connectivity index (χ1v) is 11.1. The summed E-state index contributed by atoms with van der Waals surface area (Å²) in [5.74, 6) is 0.317. The molecule has 0 unspecified atom stereocenters. The SMILES string of the molecule is CS(=O)(=O)Nc1cccc(CNC(=O)c2cc(-c3ccco3)nc3ccccc23)c1. The van der Waals surface area contributed by atoms with E-state index >= 15 is 0 Å². The van der Waals surface area contributed by atoms with Gasteiger partial charge in [0.2, 0.25) is 10.0 Å². The Morgan fingerprint density at radius 3 is 2.63 bits per heavy atom. The Hall–Kier alpha value is -3.65. The van der Waals surface area contributed by atoms with Gasteiger partial charge < -0.3 is 9.73 Å². The first-order valence-electron chi connectivity index (χ1n) is 9.18. The number of hydrogen-bond acceptors (Lipinski definition) is 5. The normalized spacial score (nSPS) is 11.4. The van der Waals surface area contributed by atoms with Crippen LogP contribution < -0.4 is 10.0 Å². The van der Waals surface area contributed by atoms with Crippen molar-refractivity contribution in [1.82, 2.24) is 10.3 Å². The molecule has 2 heterocycles. The van der Waals surface area contributed by atoms with E-state index in [4.69, 9.17) is 4.42 Å². The second-order valence-corrected chi connectivity index (χ2v) is 8.56. The van der Waals surface area contributed by atoms with E-state index in [0.29, 0.717) is 28.2 Å². The zero-order valence-corrected chi connectivity index (χ0v) is 16.9. The molecule has 0 saturated heterocycles. The number of furan rings is 1. The number of para-hydroxylation sites is 1. The minimum absolute atomic E-state index is 0.241. The Balaban J connectivity index is 1.60. The number of hydrogen-bond donors (Lipinski definition) is 2. The van der Waals surface area contributed by atoms with Crippen LogP contribution in [0.25, 0.3) is 22.4 Å². The van der Waals surface area contributed by atoms with Crippen LogP contribution in [-0.2, 0) is 16.6 Å². The molecular formula is C22H19N3O4S. The quantitative estimate of drug-likeness (QED) is 0.493. The Morgan fingerprint density at radius 2 is 1.87 bits per heavy atom. The molecule has 2 N–H and O–H groups in total. The fourth-order valence-electron chi connectivity index (χ4n) is 3.15. The van der Waals surface area contributed by atoms with Crippen LogP contribution in [0.4, 0.5) is 5.69 Å². The van der Waals surface area contributed by atoms with Crippen molar-refractivity contribution in [3.63, 3.8) is 0 Å². The van der Waals surface area contributed by atoms with E-state index < -0.39 is 10.0 Å². The molecule has 4 rings (SSSR count). The molecule has 2 aromatic carbocycles. The third-order valence-corrected chi connectivity index (χ3v) is 5.02. The highest BCUT2D eigenvalue weighted by Gasteiger charge is 2.15. The predicted octanol–water partition coefficient (Wildman–Crippen LogP) is 3.80. The van der Waals surface area contributed by atoms with Crippen LogP contribution >= 0.6 is 0 Å². The van der Waals surface area contributed by atoms with Crippen LogP contribution in [0.5, 0.6) is 0 Å². The summed E-state index contributed by atoms with van der Waals surface area (Å²) >= 11 is 0. The monoisotopic (exact) mass is 421 g/mol. The lowest BCUT2D eigenvalue weighted by Crippen LogP contribution is -2.23. The van der Waals surface area contributed by atoms with Crippen molar-refractivity contribution in [3.05, 3.63) is 84.1 Å². The molecule has 1 amide bonds. The average molecular weight is 421 g/mol. The van der Waals surface area contributed by atoms with Gasteiger partial charge in [0, 0.05) is 17.6 Å². The number of carbonyl (C=O) groups is 1. The first kappa shape index (κ1) is 19.7. The van der Waals surface area contributed by atoms with Gasteiger partial charge in [-0.1, -0.05) is 30.3 Å². The Bertz CT molecular complexity index is 1320. The van der Waals surface area contributed by atoms with Gasteiger partial charge in [-0.25, -0.2) is 13.4 Å². The largest absolute Gasteiger partial charge is 0.463 e. The highest BCUT2D eigenvalue weighted by Crippen LogP contribution is 2.25. The van der Waals surface area contributed by atoms with E-state index in [2.05, 4.69) is 15.0 Å². The maximum atomic E-state index is 13.0. The van der Waals surface area contributed by atoms with Crippen LogP contribution in [0.1, 0.15) is 15.9 Å². The first-order chi connectivity index (χ1) is 14.4. The molecule has 0 saturated carbocycles. The molecule has 4 aromatic rings. The molecule has 0 bridgehead atoms. The zero-order valence-electron chi connectivity index (χ0n) is 16.1. The van der Waals surface area contributed by atoms with Crippen molar-refractivity contribution in [2.24, 2.45) is 0 Å². The summed E-state index contributed by atoms with van der Waals surface area (Å²) in [7, 11) is -3.37. The van der Waals surface area contributed by atoms with Gasteiger partial charge in [-0.15, -0.1) is 0 Å². The van der Waals surface area contributed by atoms with Gasteiger partial charge in [-0.05, 0) is 42.0 Å². The van der Waals surface area contributed by atoms with Crippen molar-refractivity contribution >= 4 is 32.5 Å². The maximum Gasteiger partial charge on any atom is 0.252 e. The summed E-state index contributed by atoms with van der Waals surface area (Å²) in [6.45, 7) is 0.241. The molecule has 0 fully saturated rings. The van der Waals surface area contributed by atoms with E-state index in [9.17, 15) is 13.2 Å². The van der Waals surface area contributed by atoms with Crippen molar-refractivity contribution in [1.29, 1.82) is 0 Å². The number of pyridine rings is 1. The number of fused-ring (bicyclic) bond motifs is 1. The molecule has 0 spiro atoms. The van der Waals surface area contributed by atoms with Crippen LogP contribution in [0.2, 0.25) is 0 Å². The minimum Gasteiger partial charge on any atom is -0.463 e. The molecule has 0 radical (unpaired) electrons. The van der Waals surface area contributed by atoms with Crippen molar-refractivity contribution in [2.45, 2.75) is 6.54 Å². The maximum absolute atomic E-state index is 13.0. The third kappa shape index (κ3) is 4.49. The number of rotatable bonds is 6. The number of sulfonamides is 1. The molecule has 7 nitrogen and oxygen atoms in total. The van der Waals surface area contributed by atoms with Gasteiger partial charge >= 0.3 is 0 Å². The van der Waals surface area contributed by atoms with Gasteiger partial charge in [0.15, 0.2) is 5.76 Å². The van der Waals surface area contributed by atoms with Gasteiger partial charge in [0.25, 0.3) is 5.91 Å². The van der Waals surface area contributed by atoms with Crippen LogP contribution in [0.15, 0.2) is 77.4 Å². The lowest BCUT2D eigenvalue weighted by molar-refractivity contribution is 0.0952. The summed E-state index contributed by atoms with van der Waals surface area (Å²) in [4.78, 5) is 17.6. The van der Waals surface area contributed by atoms with E-state index in [1.165, 1.54) is 0 Å². The summed E-state index contributed by atoms with van der Waals surface area (Å²) in [6.07, 6.45) is 2.65. The number of nitrogens with one attached hydrogen (secondary N) is 2. The van der Waals surface area contributed by atoms with Gasteiger partial charge in [0.05, 0.1) is 23.6 Å². The fourth-order valence-corrected chi connectivity index (χ4v) is 3.71. The predicted molar refractivity (Wildman–Crippen MR) is 116 cm³/mol. The Kier molecular flexibility index (Phi) is 5.24. The van der Waals surface area contributed by atoms with Gasteiger partial charge in [-0.2, -0.15) is 0 Å². The molecule has 8 heteroatoms. The molecule has 0 aliphatic heterocycles. The van der Waals surface area contributed by atoms with Crippen LogP contribution in [0.3, 0.4) is 0 Å². The number of amides is 1. The topological polar surface area (TPSA) is 101 Å². The number of aromatic nitrogens is 1. The van der Waals surface area contributed by atoms with Crippen molar-refractivity contribution in [3.8, 4) is 11.5 Å². The van der Waals surface area contributed by atoms with Crippen LogP contribution in [0, 0.1) is 0 Å². The lowest BCUT2D eigenvalue weighted by atomic mass is 10.1. The highest BCUT2D eigenvalue weighted by atomic mass is 32.2. The van der Waals surface area contributed by atoms with Crippen molar-refractivity contribution < 1.29 is 17.6 Å². The standard InChI is InChI=1S/C22H19N3O4S/c1-30(27,28)25-16-7-4-6-15(12-16)14-23-22(26)18-13-20(21-10-5-11-29-21)24-19-9-3-2-8-17(18)19/h2-13,25H,14H2,1H3,(H,23,26). The van der Waals surface area contributed by atoms with E-state index in [-0.39, 0.29) is 12.5 Å². The molecule has 2 aromatic heterocycles. The number of benzene rings is 2.